The van der Waals surface area contributed by atoms with Crippen LogP contribution in [-0.4, -0.2) is 18.0 Å². The average molecular weight is 367 g/mol. The molecule has 0 aliphatic heterocycles. The number of rotatable bonds is 6. The Morgan fingerprint density at radius 1 is 1.14 bits per heavy atom. The Balaban J connectivity index is 2.13. The Kier molecular flexibility index (Phi) is 5.99. The van der Waals surface area contributed by atoms with Gasteiger partial charge < -0.3 is 5.73 Å². The van der Waals surface area contributed by atoms with E-state index in [2.05, 4.69) is 78.1 Å². The fourth-order valence-corrected chi connectivity index (χ4v) is 4.34. The molecule has 0 bridgehead atoms. The van der Waals surface area contributed by atoms with Gasteiger partial charge in [-0.05, 0) is 59.6 Å². The molecule has 2 N–H and O–H groups in total. The number of thiophene rings is 1. The number of nitrogens with two attached hydrogens (primary N) is 1. The van der Waals surface area contributed by atoms with Crippen molar-refractivity contribution in [2.75, 3.05) is 7.05 Å². The van der Waals surface area contributed by atoms with Crippen LogP contribution in [0.15, 0.2) is 40.2 Å². The zero-order valence-corrected chi connectivity index (χ0v) is 15.2. The van der Waals surface area contributed by atoms with Gasteiger partial charge in [0.05, 0.1) is 9.83 Å². The predicted octanol–water partition coefficient (Wildman–Crippen LogP) is 4.59. The molecule has 2 rings (SSSR count). The van der Waals surface area contributed by atoms with Gasteiger partial charge in [0.1, 0.15) is 0 Å². The van der Waals surface area contributed by atoms with Crippen molar-refractivity contribution in [3.05, 3.63) is 56.2 Å². The quantitative estimate of drug-likeness (QED) is 0.809. The van der Waals surface area contributed by atoms with Crippen molar-refractivity contribution in [2.45, 2.75) is 38.9 Å². The van der Waals surface area contributed by atoms with Crippen molar-refractivity contribution in [3.8, 4) is 0 Å². The lowest BCUT2D eigenvalue weighted by Crippen LogP contribution is -2.36. The van der Waals surface area contributed by atoms with Crippen molar-refractivity contribution in [3.63, 3.8) is 0 Å². The monoisotopic (exact) mass is 366 g/mol. The third-order valence-corrected chi connectivity index (χ3v) is 5.42. The summed E-state index contributed by atoms with van der Waals surface area (Å²) in [6.45, 7) is 5.17. The topological polar surface area (TPSA) is 29.3 Å². The van der Waals surface area contributed by atoms with E-state index < -0.39 is 0 Å². The van der Waals surface area contributed by atoms with Crippen LogP contribution in [0, 0.1) is 0 Å². The summed E-state index contributed by atoms with van der Waals surface area (Å²) in [5.41, 5.74) is 8.94. The minimum Gasteiger partial charge on any atom is -0.326 e. The van der Waals surface area contributed by atoms with E-state index in [1.54, 1.807) is 11.3 Å². The second kappa shape index (κ2) is 7.54. The highest BCUT2D eigenvalue weighted by molar-refractivity contribution is 9.11. The van der Waals surface area contributed by atoms with E-state index in [9.17, 15) is 0 Å². The van der Waals surface area contributed by atoms with Gasteiger partial charge in [-0.2, -0.15) is 0 Å². The Hall–Kier alpha value is -0.680. The van der Waals surface area contributed by atoms with Crippen molar-refractivity contribution in [1.29, 1.82) is 0 Å². The molecule has 2 nitrogen and oxygen atoms in total. The highest BCUT2D eigenvalue weighted by Crippen LogP contribution is 2.32. The number of halogens is 1. The Labute approximate surface area is 140 Å². The van der Waals surface area contributed by atoms with Crippen LogP contribution in [0.4, 0.5) is 0 Å². The first-order valence-electron chi connectivity index (χ1n) is 7.30. The third kappa shape index (κ3) is 4.39. The van der Waals surface area contributed by atoms with Crippen molar-refractivity contribution >= 4 is 27.3 Å². The van der Waals surface area contributed by atoms with E-state index in [0.717, 1.165) is 16.8 Å². The SMILES string of the molecule is CCc1ccc(CN(C)C(c2ccc(Br)s2)C(C)N)cc1. The van der Waals surface area contributed by atoms with Crippen LogP contribution in [0.25, 0.3) is 0 Å². The van der Waals surface area contributed by atoms with Gasteiger partial charge in [-0.25, -0.2) is 0 Å². The summed E-state index contributed by atoms with van der Waals surface area (Å²) < 4.78 is 1.16. The molecule has 21 heavy (non-hydrogen) atoms. The van der Waals surface area contributed by atoms with Crippen LogP contribution in [-0.2, 0) is 13.0 Å². The first-order valence-corrected chi connectivity index (χ1v) is 8.91. The summed E-state index contributed by atoms with van der Waals surface area (Å²) in [6.07, 6.45) is 1.09. The van der Waals surface area contributed by atoms with Gasteiger partial charge in [-0.15, -0.1) is 11.3 Å². The largest absolute Gasteiger partial charge is 0.326 e. The maximum absolute atomic E-state index is 6.23. The van der Waals surface area contributed by atoms with Crippen LogP contribution in [0.1, 0.15) is 35.9 Å². The molecule has 4 heteroatoms. The smallest absolute Gasteiger partial charge is 0.0702 e. The summed E-state index contributed by atoms with van der Waals surface area (Å²) >= 11 is 5.30. The standard InChI is InChI=1S/C17H23BrN2S/c1-4-13-5-7-14(8-6-13)11-20(3)17(12(2)19)15-9-10-16(18)21-15/h5-10,12,17H,4,11,19H2,1-3H3. The molecule has 0 aliphatic rings. The minimum atomic E-state index is 0.0930. The normalized spacial score (nSPS) is 14.4. The average Bonchev–Trinajstić information content (AvgIpc) is 2.85. The molecule has 2 atom stereocenters. The first-order chi connectivity index (χ1) is 10.0. The molecule has 114 valence electrons. The van der Waals surface area contributed by atoms with E-state index in [4.69, 9.17) is 5.73 Å². The molecular weight excluding hydrogens is 344 g/mol. The van der Waals surface area contributed by atoms with Crippen LogP contribution >= 0.6 is 27.3 Å². The molecule has 1 heterocycles. The molecule has 0 amide bonds. The van der Waals surface area contributed by atoms with Gasteiger partial charge in [0.2, 0.25) is 0 Å². The number of aryl methyl sites for hydroxylation is 1. The second-order valence-corrected chi connectivity index (χ2v) is 8.03. The summed E-state index contributed by atoms with van der Waals surface area (Å²) in [6, 6.07) is 13.5. The molecule has 0 radical (unpaired) electrons. The summed E-state index contributed by atoms with van der Waals surface area (Å²) in [5.74, 6) is 0. The fraction of sp³-hybridized carbons (Fsp3) is 0.412. The van der Waals surface area contributed by atoms with Gasteiger partial charge in [0.15, 0.2) is 0 Å². The number of likely N-dealkylation sites (N-methyl/N-ethyl adjacent to an activating group) is 1. The number of hydrogen-bond acceptors (Lipinski definition) is 3. The third-order valence-electron chi connectivity index (χ3n) is 3.72. The van der Waals surface area contributed by atoms with Crippen LogP contribution in [0.5, 0.6) is 0 Å². The van der Waals surface area contributed by atoms with Gasteiger partial charge in [0, 0.05) is 17.5 Å². The van der Waals surface area contributed by atoms with Gasteiger partial charge in [0.25, 0.3) is 0 Å². The van der Waals surface area contributed by atoms with E-state index in [-0.39, 0.29) is 12.1 Å². The maximum atomic E-state index is 6.23. The number of hydrogen-bond donors (Lipinski definition) is 1. The lowest BCUT2D eigenvalue weighted by atomic mass is 10.1. The molecule has 0 saturated carbocycles. The lowest BCUT2D eigenvalue weighted by molar-refractivity contribution is 0.214. The molecule has 0 spiro atoms. The van der Waals surface area contributed by atoms with Crippen molar-refractivity contribution in [2.24, 2.45) is 5.73 Å². The highest BCUT2D eigenvalue weighted by Gasteiger charge is 2.22. The Morgan fingerprint density at radius 2 is 1.76 bits per heavy atom. The van der Waals surface area contributed by atoms with Crippen LogP contribution < -0.4 is 5.73 Å². The zero-order chi connectivity index (χ0) is 15.4. The van der Waals surface area contributed by atoms with Gasteiger partial charge in [-0.1, -0.05) is 31.2 Å². The summed E-state index contributed by atoms with van der Waals surface area (Å²) in [7, 11) is 2.15. The predicted molar refractivity (Wildman–Crippen MR) is 95.7 cm³/mol. The lowest BCUT2D eigenvalue weighted by Gasteiger charge is -2.30. The molecule has 0 aliphatic carbocycles. The van der Waals surface area contributed by atoms with Gasteiger partial charge >= 0.3 is 0 Å². The van der Waals surface area contributed by atoms with E-state index in [0.29, 0.717) is 0 Å². The highest BCUT2D eigenvalue weighted by atomic mass is 79.9. The molecule has 0 saturated heterocycles. The molecular formula is C17H23BrN2S. The second-order valence-electron chi connectivity index (χ2n) is 5.53. The van der Waals surface area contributed by atoms with E-state index in [1.165, 1.54) is 16.0 Å². The number of nitrogens with zero attached hydrogens (tertiary/aromatic N) is 1. The van der Waals surface area contributed by atoms with Gasteiger partial charge in [-0.3, -0.25) is 4.90 Å². The van der Waals surface area contributed by atoms with Crippen LogP contribution in [0.2, 0.25) is 0 Å². The number of benzene rings is 1. The van der Waals surface area contributed by atoms with E-state index >= 15 is 0 Å². The summed E-state index contributed by atoms with van der Waals surface area (Å²) in [5, 5.41) is 0. The minimum absolute atomic E-state index is 0.0930. The molecule has 2 unspecified atom stereocenters. The Bertz CT molecular complexity index is 562. The molecule has 1 aromatic carbocycles. The maximum Gasteiger partial charge on any atom is 0.0702 e. The molecule has 1 aromatic heterocycles. The van der Waals surface area contributed by atoms with Crippen LogP contribution in [0.3, 0.4) is 0 Å². The fourth-order valence-electron chi connectivity index (χ4n) is 2.63. The Morgan fingerprint density at radius 3 is 2.24 bits per heavy atom. The molecule has 2 aromatic rings. The first kappa shape index (κ1) is 16.7. The van der Waals surface area contributed by atoms with Crippen molar-refractivity contribution < 1.29 is 0 Å². The van der Waals surface area contributed by atoms with Crippen molar-refractivity contribution in [1.82, 2.24) is 4.90 Å². The van der Waals surface area contributed by atoms with E-state index in [1.807, 2.05) is 0 Å². The molecule has 0 fully saturated rings. The zero-order valence-electron chi connectivity index (χ0n) is 12.8. The summed E-state index contributed by atoms with van der Waals surface area (Å²) in [4.78, 5) is 3.65.